The van der Waals surface area contributed by atoms with Gasteiger partial charge in [-0.15, -0.1) is 0 Å². The van der Waals surface area contributed by atoms with E-state index in [2.05, 4.69) is 20.5 Å². The van der Waals surface area contributed by atoms with E-state index in [4.69, 9.17) is 4.74 Å². The third-order valence-electron chi connectivity index (χ3n) is 5.51. The summed E-state index contributed by atoms with van der Waals surface area (Å²) < 4.78 is 35.5. The molecule has 1 saturated carbocycles. The summed E-state index contributed by atoms with van der Waals surface area (Å²) in [5, 5.41) is 0. The van der Waals surface area contributed by atoms with E-state index in [1.165, 1.54) is 32.1 Å². The van der Waals surface area contributed by atoms with Gasteiger partial charge in [0.1, 0.15) is 5.69 Å². The van der Waals surface area contributed by atoms with Gasteiger partial charge in [0.15, 0.2) is 0 Å². The molecule has 1 aromatic heterocycles. The molecule has 0 radical (unpaired) electrons. The van der Waals surface area contributed by atoms with Crippen LogP contribution in [0.2, 0.25) is 0 Å². The molecule has 0 aromatic carbocycles. The molecule has 142 valence electrons. The third kappa shape index (κ3) is 4.93. The molecule has 1 aliphatic carbocycles. The number of methoxy groups -OCH3 is 2. The normalized spacial score (nSPS) is 23.9. The zero-order valence-corrected chi connectivity index (χ0v) is 15.4. The Kier molecular flexibility index (Phi) is 6.10. The average Bonchev–Trinajstić information content (AvgIpc) is 2.63. The van der Waals surface area contributed by atoms with Gasteiger partial charge in [0.2, 0.25) is 0 Å². The Balaban J connectivity index is 1.52. The van der Waals surface area contributed by atoms with Crippen molar-refractivity contribution in [3.63, 3.8) is 0 Å². The Hall–Kier alpha value is -1.71. The molecular weight excluding hydrogens is 338 g/mol. The minimum absolute atomic E-state index is 0.335. The monoisotopic (exact) mass is 364 g/mol. The van der Waals surface area contributed by atoms with Crippen LogP contribution in [0.5, 0.6) is 0 Å². The molecule has 0 spiro atoms. The van der Waals surface area contributed by atoms with Gasteiger partial charge in [-0.25, -0.2) is 4.98 Å². The van der Waals surface area contributed by atoms with Crippen molar-refractivity contribution in [3.05, 3.63) is 24.0 Å². The maximum absolute atomic E-state index is 13.1. The van der Waals surface area contributed by atoms with Crippen molar-refractivity contribution in [2.45, 2.75) is 44.3 Å². The summed E-state index contributed by atoms with van der Waals surface area (Å²) in [6.07, 6.45) is 4.69. The van der Waals surface area contributed by atoms with Crippen LogP contribution in [0.3, 0.4) is 0 Å². The van der Waals surface area contributed by atoms with Crippen LogP contribution in [-0.4, -0.2) is 44.5 Å². The van der Waals surface area contributed by atoms with Gasteiger partial charge < -0.3 is 14.4 Å². The Labute approximate surface area is 153 Å². The number of halogens is 2. The van der Waals surface area contributed by atoms with Gasteiger partial charge in [-0.2, -0.15) is 8.78 Å². The number of anilines is 1. The first kappa shape index (κ1) is 19.1. The molecule has 2 aliphatic rings. The first-order valence-electron chi connectivity index (χ1n) is 9.19. The molecule has 0 bridgehead atoms. The van der Waals surface area contributed by atoms with Gasteiger partial charge >= 0.3 is 6.11 Å². The lowest BCUT2D eigenvalue weighted by Gasteiger charge is -2.39. The van der Waals surface area contributed by atoms with Crippen molar-refractivity contribution < 1.29 is 18.3 Å². The number of piperidine rings is 1. The molecule has 3 rings (SSSR count). The standard InChI is InChI=1S/C20H26F2N2O2/c1-25-19-12-16(13-19)11-15-5-9-24(10-6-15)18-4-8-23-17(14-18)3-7-20(21,22)26-2/h4,8,14-16,19H,5-6,9-13H2,1-2H3. The van der Waals surface area contributed by atoms with Gasteiger partial charge in [-0.3, -0.25) is 0 Å². The predicted molar refractivity (Wildman–Crippen MR) is 96.1 cm³/mol. The fourth-order valence-electron chi connectivity index (χ4n) is 3.83. The number of aromatic nitrogens is 1. The Morgan fingerprint density at radius 1 is 1.23 bits per heavy atom. The quantitative estimate of drug-likeness (QED) is 0.746. The van der Waals surface area contributed by atoms with E-state index in [0.29, 0.717) is 11.8 Å². The highest BCUT2D eigenvalue weighted by atomic mass is 19.3. The van der Waals surface area contributed by atoms with E-state index in [1.54, 1.807) is 19.4 Å². The lowest BCUT2D eigenvalue weighted by molar-refractivity contribution is -0.172. The zero-order valence-electron chi connectivity index (χ0n) is 15.4. The number of rotatable bonds is 5. The lowest BCUT2D eigenvalue weighted by Crippen LogP contribution is -2.37. The zero-order chi connectivity index (χ0) is 18.6. The van der Waals surface area contributed by atoms with Crippen LogP contribution in [0.15, 0.2) is 18.3 Å². The van der Waals surface area contributed by atoms with Crippen LogP contribution in [0.1, 0.15) is 37.8 Å². The van der Waals surface area contributed by atoms with E-state index < -0.39 is 6.11 Å². The van der Waals surface area contributed by atoms with Gasteiger partial charge in [-0.1, -0.05) is 0 Å². The molecule has 2 heterocycles. The topological polar surface area (TPSA) is 34.6 Å². The van der Waals surface area contributed by atoms with Crippen molar-refractivity contribution in [2.75, 3.05) is 32.2 Å². The summed E-state index contributed by atoms with van der Waals surface area (Å²) >= 11 is 0. The van der Waals surface area contributed by atoms with Gasteiger partial charge in [0, 0.05) is 45.1 Å². The van der Waals surface area contributed by atoms with Crippen molar-refractivity contribution >= 4 is 5.69 Å². The number of nitrogens with zero attached hydrogens (tertiary/aromatic N) is 2. The largest absolute Gasteiger partial charge is 0.423 e. The first-order chi connectivity index (χ1) is 12.5. The summed E-state index contributed by atoms with van der Waals surface area (Å²) in [5.74, 6) is 5.80. The summed E-state index contributed by atoms with van der Waals surface area (Å²) in [6.45, 7) is 1.96. The predicted octanol–water partition coefficient (Wildman–Crippen LogP) is 3.70. The van der Waals surface area contributed by atoms with Gasteiger partial charge in [-0.05, 0) is 62.0 Å². The van der Waals surface area contributed by atoms with Crippen LogP contribution in [0.25, 0.3) is 0 Å². The number of ether oxygens (including phenoxy) is 2. The summed E-state index contributed by atoms with van der Waals surface area (Å²) in [7, 11) is 2.73. The van der Waals surface area contributed by atoms with Gasteiger partial charge in [0.05, 0.1) is 6.10 Å². The van der Waals surface area contributed by atoms with Crippen LogP contribution < -0.4 is 4.90 Å². The highest BCUT2D eigenvalue weighted by Crippen LogP contribution is 2.37. The number of hydrogen-bond acceptors (Lipinski definition) is 4. The smallest absolute Gasteiger partial charge is 0.381 e. The molecule has 0 atom stereocenters. The molecule has 4 nitrogen and oxygen atoms in total. The molecule has 1 saturated heterocycles. The van der Waals surface area contributed by atoms with E-state index >= 15 is 0 Å². The summed E-state index contributed by atoms with van der Waals surface area (Å²) in [6, 6.07) is 3.68. The molecule has 2 fully saturated rings. The van der Waals surface area contributed by atoms with E-state index in [1.807, 2.05) is 12.0 Å². The van der Waals surface area contributed by atoms with Crippen LogP contribution in [-0.2, 0) is 9.47 Å². The third-order valence-corrected chi connectivity index (χ3v) is 5.51. The summed E-state index contributed by atoms with van der Waals surface area (Å²) in [5.41, 5.74) is 1.33. The highest BCUT2D eigenvalue weighted by Gasteiger charge is 2.32. The molecule has 1 aliphatic heterocycles. The number of hydrogen-bond donors (Lipinski definition) is 0. The van der Waals surface area contributed by atoms with Crippen LogP contribution in [0, 0.1) is 23.7 Å². The highest BCUT2D eigenvalue weighted by molar-refractivity contribution is 5.50. The van der Waals surface area contributed by atoms with Crippen molar-refractivity contribution in [1.82, 2.24) is 4.98 Å². The minimum Gasteiger partial charge on any atom is -0.381 e. The SMILES string of the molecule is COC1CC(CC2CCN(c3ccnc(C#CC(F)(F)OC)c3)CC2)C1. The fraction of sp³-hybridized carbons (Fsp3) is 0.650. The van der Waals surface area contributed by atoms with Crippen molar-refractivity contribution in [2.24, 2.45) is 11.8 Å². The van der Waals surface area contributed by atoms with Gasteiger partial charge in [0.25, 0.3) is 0 Å². The fourth-order valence-corrected chi connectivity index (χ4v) is 3.83. The number of pyridine rings is 1. The number of alkyl halides is 2. The van der Waals surface area contributed by atoms with E-state index in [0.717, 1.165) is 37.7 Å². The van der Waals surface area contributed by atoms with E-state index in [9.17, 15) is 8.78 Å². The molecule has 6 heteroatoms. The first-order valence-corrected chi connectivity index (χ1v) is 9.19. The summed E-state index contributed by atoms with van der Waals surface area (Å²) in [4.78, 5) is 6.35. The molecule has 0 amide bonds. The lowest BCUT2D eigenvalue weighted by atomic mass is 9.74. The Morgan fingerprint density at radius 3 is 2.62 bits per heavy atom. The second kappa shape index (κ2) is 8.32. The Morgan fingerprint density at radius 2 is 1.96 bits per heavy atom. The molecule has 1 aromatic rings. The second-order valence-electron chi connectivity index (χ2n) is 7.23. The maximum atomic E-state index is 13.1. The molecule has 0 N–H and O–H groups in total. The molecule has 26 heavy (non-hydrogen) atoms. The second-order valence-corrected chi connectivity index (χ2v) is 7.23. The average molecular weight is 364 g/mol. The van der Waals surface area contributed by atoms with Crippen LogP contribution in [0.4, 0.5) is 14.5 Å². The molecule has 0 unspecified atom stereocenters. The maximum Gasteiger partial charge on any atom is 0.423 e. The minimum atomic E-state index is -3.45. The Bertz CT molecular complexity index is 657. The van der Waals surface area contributed by atoms with Crippen molar-refractivity contribution in [1.29, 1.82) is 0 Å². The molecular formula is C20H26F2N2O2. The van der Waals surface area contributed by atoms with Crippen molar-refractivity contribution in [3.8, 4) is 11.8 Å². The van der Waals surface area contributed by atoms with E-state index in [-0.39, 0.29) is 0 Å². The van der Waals surface area contributed by atoms with Crippen LogP contribution >= 0.6 is 0 Å².